The maximum atomic E-state index is 11.7. The molecule has 0 aromatic carbocycles. The Labute approximate surface area is 127 Å². The zero-order chi connectivity index (χ0) is 15.8. The van der Waals surface area contributed by atoms with Crippen molar-refractivity contribution in [1.29, 1.82) is 0 Å². The maximum Gasteiger partial charge on any atom is 0.470 e. The van der Waals surface area contributed by atoms with Crippen LogP contribution in [0.15, 0.2) is 0 Å². The standard InChI is InChI=1S/C11H24O6PS2/c1-4-7-19(15)8-5-9-20(16)10-6-11(2,3)17-18(12,13)14/h1,4-10H2,2-3H3,(H2,12,13,14). The summed E-state index contributed by atoms with van der Waals surface area (Å²) in [5, 5.41) is 0. The van der Waals surface area contributed by atoms with Crippen molar-refractivity contribution in [2.24, 2.45) is 0 Å². The molecule has 0 bridgehead atoms. The first-order valence-corrected chi connectivity index (χ1v) is 10.8. The van der Waals surface area contributed by atoms with Crippen molar-refractivity contribution in [2.75, 3.05) is 23.0 Å². The van der Waals surface area contributed by atoms with Gasteiger partial charge in [-0.3, -0.25) is 4.52 Å². The molecule has 0 saturated carbocycles. The molecule has 0 aromatic rings. The van der Waals surface area contributed by atoms with Gasteiger partial charge in [0.05, 0.1) is 5.60 Å². The summed E-state index contributed by atoms with van der Waals surface area (Å²) in [6.45, 7) is 6.72. The second kappa shape index (κ2) is 9.69. The highest BCUT2D eigenvalue weighted by Gasteiger charge is 2.30. The minimum atomic E-state index is -4.53. The molecule has 0 aliphatic carbocycles. The monoisotopic (exact) mass is 347 g/mol. The lowest BCUT2D eigenvalue weighted by atomic mass is 10.1. The largest absolute Gasteiger partial charge is 0.616 e. The van der Waals surface area contributed by atoms with Crippen LogP contribution >= 0.6 is 7.82 Å². The van der Waals surface area contributed by atoms with E-state index in [1.807, 2.05) is 0 Å². The lowest BCUT2D eigenvalue weighted by Gasteiger charge is -2.25. The summed E-state index contributed by atoms with van der Waals surface area (Å²) >= 11 is -1.99. The quantitative estimate of drug-likeness (QED) is 0.431. The van der Waals surface area contributed by atoms with E-state index in [0.717, 1.165) is 0 Å². The van der Waals surface area contributed by atoms with E-state index in [4.69, 9.17) is 9.79 Å². The van der Waals surface area contributed by atoms with Gasteiger partial charge >= 0.3 is 7.82 Å². The highest BCUT2D eigenvalue weighted by atomic mass is 32.2. The zero-order valence-electron chi connectivity index (χ0n) is 11.9. The fourth-order valence-electron chi connectivity index (χ4n) is 1.47. The van der Waals surface area contributed by atoms with Gasteiger partial charge in [-0.1, -0.05) is 22.4 Å². The first-order chi connectivity index (χ1) is 9.06. The summed E-state index contributed by atoms with van der Waals surface area (Å²) < 4.78 is 38.5. The van der Waals surface area contributed by atoms with E-state index >= 15 is 0 Å². The lowest BCUT2D eigenvalue weighted by molar-refractivity contribution is 0.0627. The van der Waals surface area contributed by atoms with Crippen molar-refractivity contribution < 1.29 is 28.0 Å². The van der Waals surface area contributed by atoms with E-state index in [9.17, 15) is 13.7 Å². The molecule has 0 aromatic heterocycles. The van der Waals surface area contributed by atoms with Crippen molar-refractivity contribution in [3.05, 3.63) is 6.92 Å². The Morgan fingerprint density at radius 1 is 1.15 bits per heavy atom. The smallest absolute Gasteiger partial charge is 0.470 e. The molecule has 0 aliphatic heterocycles. The summed E-state index contributed by atoms with van der Waals surface area (Å²) in [6, 6.07) is 0. The summed E-state index contributed by atoms with van der Waals surface area (Å²) in [4.78, 5) is 17.5. The molecule has 0 rings (SSSR count). The third kappa shape index (κ3) is 12.5. The predicted octanol–water partition coefficient (Wildman–Crippen LogP) is 1.38. The second-order valence-corrected chi connectivity index (χ2v) is 9.55. The number of hydrogen-bond donors (Lipinski definition) is 2. The fraction of sp³-hybridized carbons (Fsp3) is 0.909. The normalized spacial score (nSPS) is 16.1. The number of hydrogen-bond acceptors (Lipinski definition) is 4. The van der Waals surface area contributed by atoms with E-state index in [2.05, 4.69) is 11.4 Å². The molecule has 0 spiro atoms. The molecular weight excluding hydrogens is 323 g/mol. The van der Waals surface area contributed by atoms with Crippen LogP contribution < -0.4 is 0 Å². The topological polar surface area (TPSA) is 113 Å². The number of rotatable bonds is 11. The van der Waals surface area contributed by atoms with Crippen LogP contribution in [-0.2, 0) is 31.4 Å². The van der Waals surface area contributed by atoms with Crippen molar-refractivity contribution in [1.82, 2.24) is 0 Å². The van der Waals surface area contributed by atoms with Crippen LogP contribution in [0, 0.1) is 6.92 Å². The fourth-order valence-corrected chi connectivity index (χ4v) is 4.77. The van der Waals surface area contributed by atoms with Gasteiger partial charge in [-0.2, -0.15) is 0 Å². The Kier molecular flexibility index (Phi) is 10.0. The molecule has 121 valence electrons. The minimum absolute atomic E-state index is 0.284. The molecule has 0 fully saturated rings. The predicted molar refractivity (Wildman–Crippen MR) is 82.2 cm³/mol. The van der Waals surface area contributed by atoms with E-state index < -0.39 is 35.8 Å². The average molecular weight is 347 g/mol. The summed E-state index contributed by atoms with van der Waals surface area (Å²) in [6.07, 6.45) is 1.52. The van der Waals surface area contributed by atoms with Crippen molar-refractivity contribution in [3.8, 4) is 0 Å². The summed E-state index contributed by atoms with van der Waals surface area (Å²) in [5.41, 5.74) is -1.02. The van der Waals surface area contributed by atoms with Gasteiger partial charge in [-0.15, -0.1) is 0 Å². The van der Waals surface area contributed by atoms with E-state index in [1.165, 1.54) is 0 Å². The van der Waals surface area contributed by atoms with Crippen LogP contribution in [0.1, 0.15) is 33.1 Å². The van der Waals surface area contributed by atoms with Crippen LogP contribution in [0.3, 0.4) is 0 Å². The van der Waals surface area contributed by atoms with Gasteiger partial charge < -0.3 is 18.9 Å². The molecule has 2 unspecified atom stereocenters. The van der Waals surface area contributed by atoms with E-state index in [-0.39, 0.29) is 6.42 Å². The summed E-state index contributed by atoms with van der Waals surface area (Å²) in [7, 11) is -4.53. The van der Waals surface area contributed by atoms with Crippen LogP contribution in [0.2, 0.25) is 0 Å². The summed E-state index contributed by atoms with van der Waals surface area (Å²) in [5.74, 6) is 1.82. The van der Waals surface area contributed by atoms with E-state index in [1.54, 1.807) is 13.8 Å². The molecule has 2 N–H and O–H groups in total. The molecule has 6 nitrogen and oxygen atoms in total. The second-order valence-electron chi connectivity index (χ2n) is 4.99. The Morgan fingerprint density at radius 2 is 1.65 bits per heavy atom. The van der Waals surface area contributed by atoms with Gasteiger partial charge in [-0.05, 0) is 27.2 Å². The first-order valence-electron chi connectivity index (χ1n) is 6.31. The van der Waals surface area contributed by atoms with Crippen LogP contribution in [0.4, 0.5) is 0 Å². The maximum absolute atomic E-state index is 11.7. The molecule has 1 radical (unpaired) electrons. The Hall–Kier alpha value is 0.730. The molecule has 0 amide bonds. The van der Waals surface area contributed by atoms with Gasteiger partial charge in [0.2, 0.25) is 0 Å². The highest BCUT2D eigenvalue weighted by Crippen LogP contribution is 2.42. The van der Waals surface area contributed by atoms with Crippen molar-refractivity contribution in [2.45, 2.75) is 38.7 Å². The molecule has 0 heterocycles. The van der Waals surface area contributed by atoms with Crippen LogP contribution in [0.5, 0.6) is 0 Å². The Bertz CT molecular complexity index is 309. The Balaban J connectivity index is 3.87. The van der Waals surface area contributed by atoms with E-state index in [0.29, 0.717) is 35.9 Å². The number of phosphoric ester groups is 1. The number of phosphoric acid groups is 1. The average Bonchev–Trinajstić information content (AvgIpc) is 2.23. The third-order valence-corrected chi connectivity index (χ3v) is 6.04. The molecular formula is C11H24O6PS2. The molecule has 9 heteroatoms. The SMILES string of the molecule is [CH2]CC[S+]([O-])CCC[S+]([O-])CCC(C)(C)OP(=O)(O)O. The van der Waals surface area contributed by atoms with Gasteiger partial charge in [0.1, 0.15) is 23.0 Å². The molecule has 20 heavy (non-hydrogen) atoms. The Morgan fingerprint density at radius 3 is 2.10 bits per heavy atom. The molecule has 2 atom stereocenters. The first kappa shape index (κ1) is 20.7. The van der Waals surface area contributed by atoms with Gasteiger partial charge in [0.15, 0.2) is 0 Å². The van der Waals surface area contributed by atoms with Crippen LogP contribution in [-0.4, -0.2) is 47.5 Å². The van der Waals surface area contributed by atoms with Crippen LogP contribution in [0.25, 0.3) is 0 Å². The van der Waals surface area contributed by atoms with Crippen molar-refractivity contribution >= 4 is 30.2 Å². The zero-order valence-corrected chi connectivity index (χ0v) is 14.5. The minimum Gasteiger partial charge on any atom is -0.616 e. The highest BCUT2D eigenvalue weighted by molar-refractivity contribution is 7.92. The van der Waals surface area contributed by atoms with Gasteiger partial charge in [-0.25, -0.2) is 4.57 Å². The molecule has 0 saturated heterocycles. The molecule has 0 aliphatic rings. The lowest BCUT2D eigenvalue weighted by Crippen LogP contribution is -2.28. The third-order valence-electron chi connectivity index (χ3n) is 2.41. The van der Waals surface area contributed by atoms with Crippen molar-refractivity contribution in [3.63, 3.8) is 0 Å². The van der Waals surface area contributed by atoms with Gasteiger partial charge in [0, 0.05) is 12.8 Å². The van der Waals surface area contributed by atoms with Gasteiger partial charge in [0.25, 0.3) is 0 Å².